The van der Waals surface area contributed by atoms with Crippen LogP contribution in [0.5, 0.6) is 5.88 Å². The zero-order valence-corrected chi connectivity index (χ0v) is 20.6. The van der Waals surface area contributed by atoms with Crippen LogP contribution < -0.4 is 15.4 Å². The second-order valence-electron chi connectivity index (χ2n) is 8.57. The van der Waals surface area contributed by atoms with Crippen molar-refractivity contribution in [3.05, 3.63) is 52.4 Å². The largest absolute Gasteiger partial charge is 0.474 e. The van der Waals surface area contributed by atoms with E-state index in [1.807, 2.05) is 10.9 Å². The van der Waals surface area contributed by atoms with Crippen LogP contribution in [-0.2, 0) is 11.3 Å². The molecule has 10 nitrogen and oxygen atoms in total. The number of amides is 1. The molecule has 35 heavy (non-hydrogen) atoms. The summed E-state index contributed by atoms with van der Waals surface area (Å²) < 4.78 is 13.3. The number of ether oxygens (including phenoxy) is 2. The Kier molecular flexibility index (Phi) is 7.05. The van der Waals surface area contributed by atoms with E-state index in [0.29, 0.717) is 34.8 Å². The minimum atomic E-state index is -0.464. The van der Waals surface area contributed by atoms with Gasteiger partial charge in [0.05, 0.1) is 53.4 Å². The maximum atomic E-state index is 13.0. The predicted octanol–water partition coefficient (Wildman–Crippen LogP) is 3.85. The molecule has 5 rings (SSSR count). The molecule has 2 fully saturated rings. The summed E-state index contributed by atoms with van der Waals surface area (Å²) in [6, 6.07) is 5.26. The van der Waals surface area contributed by atoms with E-state index in [4.69, 9.17) is 32.7 Å². The molecular weight excluding hydrogens is 493 g/mol. The van der Waals surface area contributed by atoms with Crippen LogP contribution in [0, 0.1) is 0 Å². The molecule has 1 amide bonds. The lowest BCUT2D eigenvalue weighted by molar-refractivity contribution is -0.00141. The van der Waals surface area contributed by atoms with Crippen molar-refractivity contribution in [1.82, 2.24) is 24.6 Å². The molecule has 184 valence electrons. The van der Waals surface area contributed by atoms with Crippen molar-refractivity contribution in [1.29, 1.82) is 0 Å². The summed E-state index contributed by atoms with van der Waals surface area (Å²) in [6.07, 6.45) is 6.87. The van der Waals surface area contributed by atoms with Gasteiger partial charge in [-0.3, -0.25) is 14.4 Å². The van der Waals surface area contributed by atoms with Crippen molar-refractivity contribution in [2.45, 2.75) is 31.5 Å². The SMILES string of the molecule is CN1CCOC[C@@H]1Cn1cc(Nc2ncc(C(=O)Nc3c(Cl)cccc3Cl)c(OC3CC3)n2)cn1. The molecule has 1 atom stereocenters. The number of anilines is 3. The summed E-state index contributed by atoms with van der Waals surface area (Å²) >= 11 is 12.4. The Morgan fingerprint density at radius 2 is 2.06 bits per heavy atom. The molecule has 1 aliphatic carbocycles. The number of carbonyl (C=O) groups is 1. The maximum Gasteiger partial charge on any atom is 0.262 e. The lowest BCUT2D eigenvalue weighted by Gasteiger charge is -2.32. The number of para-hydroxylation sites is 1. The average molecular weight is 518 g/mol. The van der Waals surface area contributed by atoms with Crippen molar-refractivity contribution in [2.24, 2.45) is 0 Å². The van der Waals surface area contributed by atoms with Gasteiger partial charge in [0.2, 0.25) is 11.8 Å². The second kappa shape index (κ2) is 10.4. The van der Waals surface area contributed by atoms with E-state index >= 15 is 0 Å². The van der Waals surface area contributed by atoms with E-state index in [-0.39, 0.29) is 23.6 Å². The highest BCUT2D eigenvalue weighted by Gasteiger charge is 2.28. The van der Waals surface area contributed by atoms with E-state index in [1.54, 1.807) is 24.4 Å². The van der Waals surface area contributed by atoms with E-state index in [0.717, 1.165) is 31.7 Å². The first kappa shape index (κ1) is 23.8. The first-order valence-corrected chi connectivity index (χ1v) is 12.1. The summed E-state index contributed by atoms with van der Waals surface area (Å²) in [6.45, 7) is 3.03. The van der Waals surface area contributed by atoms with Gasteiger partial charge < -0.3 is 20.1 Å². The van der Waals surface area contributed by atoms with Gasteiger partial charge in [-0.1, -0.05) is 29.3 Å². The van der Waals surface area contributed by atoms with Gasteiger partial charge >= 0.3 is 0 Å². The van der Waals surface area contributed by atoms with E-state index in [1.165, 1.54) is 6.20 Å². The van der Waals surface area contributed by atoms with Crippen LogP contribution in [0.1, 0.15) is 23.2 Å². The lowest BCUT2D eigenvalue weighted by atomic mass is 10.2. The second-order valence-corrected chi connectivity index (χ2v) is 9.38. The monoisotopic (exact) mass is 517 g/mol. The maximum absolute atomic E-state index is 13.0. The van der Waals surface area contributed by atoms with Crippen LogP contribution in [0.4, 0.5) is 17.3 Å². The molecular formula is C23H25Cl2N7O3. The van der Waals surface area contributed by atoms with E-state index < -0.39 is 5.91 Å². The molecule has 0 unspecified atom stereocenters. The van der Waals surface area contributed by atoms with Gasteiger partial charge in [-0.05, 0) is 32.0 Å². The van der Waals surface area contributed by atoms with E-state index in [2.05, 4.69) is 37.6 Å². The minimum Gasteiger partial charge on any atom is -0.474 e. The highest BCUT2D eigenvalue weighted by molar-refractivity contribution is 6.40. The third kappa shape index (κ3) is 5.84. The van der Waals surface area contributed by atoms with Gasteiger partial charge in [0, 0.05) is 18.9 Å². The number of hydrogen-bond acceptors (Lipinski definition) is 8. The van der Waals surface area contributed by atoms with Gasteiger partial charge in [-0.15, -0.1) is 0 Å². The summed E-state index contributed by atoms with van der Waals surface area (Å²) in [5.41, 5.74) is 1.23. The molecule has 1 aliphatic heterocycles. The van der Waals surface area contributed by atoms with E-state index in [9.17, 15) is 4.79 Å². The molecule has 3 aromatic rings. The molecule has 1 saturated heterocycles. The van der Waals surface area contributed by atoms with Crippen LogP contribution in [0.3, 0.4) is 0 Å². The number of aromatic nitrogens is 4. The zero-order chi connectivity index (χ0) is 24.4. The number of benzene rings is 1. The molecule has 0 radical (unpaired) electrons. The van der Waals surface area contributed by atoms with Gasteiger partial charge in [0.1, 0.15) is 11.7 Å². The first-order valence-electron chi connectivity index (χ1n) is 11.3. The minimum absolute atomic E-state index is 0.0330. The van der Waals surface area contributed by atoms with Gasteiger partial charge in [0.15, 0.2) is 0 Å². The first-order chi connectivity index (χ1) is 17.0. The Bertz CT molecular complexity index is 1200. The molecule has 12 heteroatoms. The molecule has 2 aliphatic rings. The number of halogens is 2. The fraction of sp³-hybridized carbons (Fsp3) is 0.391. The summed E-state index contributed by atoms with van der Waals surface area (Å²) in [7, 11) is 2.09. The Labute approximate surface area is 212 Å². The normalized spacial score (nSPS) is 18.3. The number of carbonyl (C=O) groups excluding carboxylic acids is 1. The number of nitrogens with one attached hydrogen (secondary N) is 2. The molecule has 2 aromatic heterocycles. The quantitative estimate of drug-likeness (QED) is 0.464. The summed E-state index contributed by atoms with van der Waals surface area (Å²) in [4.78, 5) is 24.0. The Hall–Kier alpha value is -2.92. The molecule has 3 heterocycles. The number of nitrogens with zero attached hydrogens (tertiary/aromatic N) is 5. The van der Waals surface area contributed by atoms with Crippen LogP contribution in [0.25, 0.3) is 0 Å². The number of morpholine rings is 1. The number of likely N-dealkylation sites (N-methyl/N-ethyl adjacent to an activating group) is 1. The average Bonchev–Trinajstić information content (AvgIpc) is 3.55. The Morgan fingerprint density at radius 1 is 1.26 bits per heavy atom. The number of hydrogen-bond donors (Lipinski definition) is 2. The highest BCUT2D eigenvalue weighted by atomic mass is 35.5. The van der Waals surface area contributed by atoms with Crippen molar-refractivity contribution < 1.29 is 14.3 Å². The Balaban J connectivity index is 1.31. The van der Waals surface area contributed by atoms with Crippen molar-refractivity contribution in [3.8, 4) is 5.88 Å². The highest BCUT2D eigenvalue weighted by Crippen LogP contribution is 2.32. The van der Waals surface area contributed by atoms with Gasteiger partial charge in [0.25, 0.3) is 5.91 Å². The third-order valence-electron chi connectivity index (χ3n) is 5.81. The summed E-state index contributed by atoms with van der Waals surface area (Å²) in [5.74, 6) is 0.0264. The molecule has 1 saturated carbocycles. The predicted molar refractivity (Wildman–Crippen MR) is 133 cm³/mol. The molecule has 0 spiro atoms. The smallest absolute Gasteiger partial charge is 0.262 e. The van der Waals surface area contributed by atoms with Crippen molar-refractivity contribution >= 4 is 46.4 Å². The zero-order valence-electron chi connectivity index (χ0n) is 19.1. The van der Waals surface area contributed by atoms with Crippen LogP contribution in [0.15, 0.2) is 36.8 Å². The molecule has 0 bridgehead atoms. The van der Waals surface area contributed by atoms with Crippen molar-refractivity contribution in [3.63, 3.8) is 0 Å². The Morgan fingerprint density at radius 3 is 2.80 bits per heavy atom. The van der Waals surface area contributed by atoms with Crippen LogP contribution in [-0.4, -0.2) is 69.5 Å². The third-order valence-corrected chi connectivity index (χ3v) is 6.44. The standard InChI is InChI=1S/C23H25Cl2N7O3/c1-31-7-8-34-13-15(31)12-32-11-14(9-27-32)28-23-26-10-17(22(30-23)35-16-5-6-16)21(33)29-20-18(24)3-2-4-19(20)25/h2-4,9-11,15-16H,5-8,12-13H2,1H3,(H,29,33)(H,26,28,30)/t15-/m0/s1. The fourth-order valence-corrected chi connectivity index (χ4v) is 4.11. The fourth-order valence-electron chi connectivity index (χ4n) is 3.62. The molecule has 2 N–H and O–H groups in total. The van der Waals surface area contributed by atoms with Gasteiger partial charge in [-0.25, -0.2) is 4.98 Å². The number of rotatable bonds is 8. The molecule has 1 aromatic carbocycles. The van der Waals surface area contributed by atoms with Crippen molar-refractivity contribution in [2.75, 3.05) is 37.4 Å². The van der Waals surface area contributed by atoms with Crippen LogP contribution >= 0.6 is 23.2 Å². The summed E-state index contributed by atoms with van der Waals surface area (Å²) in [5, 5.41) is 11.0. The van der Waals surface area contributed by atoms with Crippen LogP contribution in [0.2, 0.25) is 10.0 Å². The topological polar surface area (TPSA) is 106 Å². The lowest BCUT2D eigenvalue weighted by Crippen LogP contribution is -2.45. The van der Waals surface area contributed by atoms with Gasteiger partial charge in [-0.2, -0.15) is 10.1 Å².